The summed E-state index contributed by atoms with van der Waals surface area (Å²) in [4.78, 5) is 12.2. The van der Waals surface area contributed by atoms with Gasteiger partial charge in [-0.25, -0.2) is 20.7 Å². The molecule has 0 saturated carbocycles. The summed E-state index contributed by atoms with van der Waals surface area (Å²) in [5.74, 6) is -0.572. The number of hydrogen-bond acceptors (Lipinski definition) is 4. The van der Waals surface area contributed by atoms with Crippen LogP contribution in [0, 0.1) is 5.82 Å². The molecule has 1 aliphatic heterocycles. The number of carbonyl (C=O) groups is 1. The SMILES string of the molecule is O=C(N/N=C/c1ccc(Cl)cc1Cl)C1CC(c2ccc(F)cc2)NN1. The Kier molecular flexibility index (Phi) is 5.65. The van der Waals surface area contributed by atoms with E-state index in [1.165, 1.54) is 18.3 Å². The third-order valence-corrected chi connectivity index (χ3v) is 4.40. The van der Waals surface area contributed by atoms with Crippen LogP contribution >= 0.6 is 23.2 Å². The molecular formula is C17H15Cl2FN4O. The van der Waals surface area contributed by atoms with Gasteiger partial charge in [0.25, 0.3) is 5.91 Å². The molecule has 0 aromatic heterocycles. The fourth-order valence-corrected chi connectivity index (χ4v) is 2.95. The van der Waals surface area contributed by atoms with Crippen LogP contribution in [-0.4, -0.2) is 18.2 Å². The molecule has 1 aliphatic rings. The van der Waals surface area contributed by atoms with E-state index in [0.29, 0.717) is 22.0 Å². The zero-order chi connectivity index (χ0) is 17.8. The molecule has 1 heterocycles. The van der Waals surface area contributed by atoms with E-state index in [2.05, 4.69) is 21.4 Å². The van der Waals surface area contributed by atoms with E-state index in [1.807, 2.05) is 0 Å². The summed E-state index contributed by atoms with van der Waals surface area (Å²) in [6.45, 7) is 0. The van der Waals surface area contributed by atoms with Crippen molar-refractivity contribution in [3.63, 3.8) is 0 Å². The second-order valence-corrected chi connectivity index (χ2v) is 6.42. The Morgan fingerprint density at radius 3 is 2.68 bits per heavy atom. The van der Waals surface area contributed by atoms with Crippen molar-refractivity contribution >= 4 is 35.3 Å². The number of carbonyl (C=O) groups excluding carboxylic acids is 1. The lowest BCUT2D eigenvalue weighted by Gasteiger charge is -2.09. The molecular weight excluding hydrogens is 366 g/mol. The third-order valence-electron chi connectivity index (χ3n) is 3.83. The van der Waals surface area contributed by atoms with Gasteiger partial charge in [0, 0.05) is 16.6 Å². The smallest absolute Gasteiger partial charge is 0.258 e. The first-order valence-corrected chi connectivity index (χ1v) is 8.33. The van der Waals surface area contributed by atoms with Crippen molar-refractivity contribution in [2.75, 3.05) is 0 Å². The normalized spacial score (nSPS) is 20.1. The van der Waals surface area contributed by atoms with Crippen molar-refractivity contribution in [3.05, 3.63) is 69.5 Å². The molecule has 2 aromatic carbocycles. The lowest BCUT2D eigenvalue weighted by atomic mass is 10.0. The fraction of sp³-hybridized carbons (Fsp3) is 0.176. The van der Waals surface area contributed by atoms with Crippen LogP contribution in [0.2, 0.25) is 10.0 Å². The summed E-state index contributed by atoms with van der Waals surface area (Å²) in [5.41, 5.74) is 9.96. The molecule has 1 amide bonds. The molecule has 5 nitrogen and oxygen atoms in total. The van der Waals surface area contributed by atoms with Crippen LogP contribution < -0.4 is 16.3 Å². The summed E-state index contributed by atoms with van der Waals surface area (Å²) in [6.07, 6.45) is 1.98. The van der Waals surface area contributed by atoms with Crippen molar-refractivity contribution in [3.8, 4) is 0 Å². The Labute approximate surface area is 154 Å². The molecule has 2 unspecified atom stereocenters. The predicted molar refractivity (Wildman–Crippen MR) is 96.0 cm³/mol. The van der Waals surface area contributed by atoms with Gasteiger partial charge in [-0.05, 0) is 36.2 Å². The number of nitrogens with one attached hydrogen (secondary N) is 3. The van der Waals surface area contributed by atoms with Crippen molar-refractivity contribution in [2.45, 2.75) is 18.5 Å². The highest BCUT2D eigenvalue weighted by molar-refractivity contribution is 6.36. The highest BCUT2D eigenvalue weighted by atomic mass is 35.5. The van der Waals surface area contributed by atoms with Gasteiger partial charge in [-0.2, -0.15) is 5.10 Å². The fourth-order valence-electron chi connectivity index (χ4n) is 2.49. The maximum atomic E-state index is 13.0. The lowest BCUT2D eigenvalue weighted by Crippen LogP contribution is -2.41. The Hall–Kier alpha value is -1.99. The quantitative estimate of drug-likeness (QED) is 0.563. The van der Waals surface area contributed by atoms with E-state index >= 15 is 0 Å². The summed E-state index contributed by atoms with van der Waals surface area (Å²) < 4.78 is 13.0. The van der Waals surface area contributed by atoms with Gasteiger partial charge in [-0.1, -0.05) is 41.4 Å². The van der Waals surface area contributed by atoms with E-state index in [4.69, 9.17) is 23.2 Å². The van der Waals surface area contributed by atoms with Crippen LogP contribution in [-0.2, 0) is 4.79 Å². The number of amides is 1. The van der Waals surface area contributed by atoms with Crippen LogP contribution in [0.25, 0.3) is 0 Å². The molecule has 0 spiro atoms. The number of hydrazone groups is 1. The van der Waals surface area contributed by atoms with E-state index in [-0.39, 0.29) is 17.8 Å². The Balaban J connectivity index is 1.55. The number of benzene rings is 2. The minimum absolute atomic E-state index is 0.0777. The first-order chi connectivity index (χ1) is 12.0. The number of halogens is 3. The Morgan fingerprint density at radius 2 is 1.96 bits per heavy atom. The standard InChI is InChI=1S/C17H15Cl2FN4O/c18-12-4-1-11(14(19)7-12)9-21-24-17(25)16-8-15(22-23-16)10-2-5-13(20)6-3-10/h1-7,9,15-16,22-23H,8H2,(H,24,25)/b21-9+. The average Bonchev–Trinajstić information content (AvgIpc) is 3.07. The van der Waals surface area contributed by atoms with E-state index < -0.39 is 6.04 Å². The number of hydrogen-bond donors (Lipinski definition) is 3. The van der Waals surface area contributed by atoms with Crippen molar-refractivity contribution < 1.29 is 9.18 Å². The summed E-state index contributed by atoms with van der Waals surface area (Å²) >= 11 is 11.9. The van der Waals surface area contributed by atoms with Crippen LogP contribution in [0.1, 0.15) is 23.6 Å². The van der Waals surface area contributed by atoms with Gasteiger partial charge in [0.05, 0.1) is 11.2 Å². The summed E-state index contributed by atoms with van der Waals surface area (Å²) in [6, 6.07) is 10.6. The molecule has 1 fully saturated rings. The minimum Gasteiger partial charge on any atom is -0.271 e. The molecule has 1 saturated heterocycles. The van der Waals surface area contributed by atoms with E-state index in [9.17, 15) is 9.18 Å². The predicted octanol–water partition coefficient (Wildman–Crippen LogP) is 3.19. The second-order valence-electron chi connectivity index (χ2n) is 5.58. The molecule has 130 valence electrons. The highest BCUT2D eigenvalue weighted by Gasteiger charge is 2.29. The minimum atomic E-state index is -0.451. The molecule has 8 heteroatoms. The molecule has 3 rings (SSSR count). The Morgan fingerprint density at radius 1 is 1.20 bits per heavy atom. The van der Waals surface area contributed by atoms with E-state index in [0.717, 1.165) is 5.56 Å². The molecule has 0 bridgehead atoms. The lowest BCUT2D eigenvalue weighted by molar-refractivity contribution is -0.122. The van der Waals surface area contributed by atoms with E-state index in [1.54, 1.807) is 30.3 Å². The van der Waals surface area contributed by atoms with Gasteiger partial charge in [0.15, 0.2) is 0 Å². The number of nitrogens with zero attached hydrogens (tertiary/aromatic N) is 1. The maximum absolute atomic E-state index is 13.0. The number of hydrazine groups is 1. The zero-order valence-electron chi connectivity index (χ0n) is 13.0. The largest absolute Gasteiger partial charge is 0.271 e. The van der Waals surface area contributed by atoms with Gasteiger partial charge in [-0.3, -0.25) is 4.79 Å². The topological polar surface area (TPSA) is 65.5 Å². The van der Waals surface area contributed by atoms with Crippen molar-refractivity contribution in [1.82, 2.24) is 16.3 Å². The zero-order valence-corrected chi connectivity index (χ0v) is 14.5. The van der Waals surface area contributed by atoms with Crippen molar-refractivity contribution in [1.29, 1.82) is 0 Å². The van der Waals surface area contributed by atoms with Crippen molar-refractivity contribution in [2.24, 2.45) is 5.10 Å². The Bertz CT molecular complexity index is 798. The highest BCUT2D eigenvalue weighted by Crippen LogP contribution is 2.22. The second kappa shape index (κ2) is 7.93. The monoisotopic (exact) mass is 380 g/mol. The van der Waals surface area contributed by atoms with Crippen LogP contribution in [0.5, 0.6) is 0 Å². The third kappa shape index (κ3) is 4.55. The molecule has 0 radical (unpaired) electrons. The van der Waals surface area contributed by atoms with Gasteiger partial charge in [0.2, 0.25) is 0 Å². The number of rotatable bonds is 4. The summed E-state index contributed by atoms with van der Waals surface area (Å²) in [7, 11) is 0. The molecule has 2 aromatic rings. The van der Waals surface area contributed by atoms with Crippen LogP contribution in [0.4, 0.5) is 4.39 Å². The average molecular weight is 381 g/mol. The first-order valence-electron chi connectivity index (χ1n) is 7.57. The van der Waals surface area contributed by atoms with Crippen LogP contribution in [0.15, 0.2) is 47.6 Å². The maximum Gasteiger partial charge on any atom is 0.258 e. The molecule has 2 atom stereocenters. The molecule has 25 heavy (non-hydrogen) atoms. The molecule has 0 aliphatic carbocycles. The van der Waals surface area contributed by atoms with Gasteiger partial charge >= 0.3 is 0 Å². The molecule has 3 N–H and O–H groups in total. The van der Waals surface area contributed by atoms with Gasteiger partial charge in [-0.15, -0.1) is 0 Å². The first kappa shape index (κ1) is 17.8. The van der Waals surface area contributed by atoms with Gasteiger partial charge < -0.3 is 0 Å². The summed E-state index contributed by atoms with van der Waals surface area (Å²) in [5, 5.41) is 4.89. The van der Waals surface area contributed by atoms with Gasteiger partial charge in [0.1, 0.15) is 11.9 Å². The van der Waals surface area contributed by atoms with Crippen LogP contribution in [0.3, 0.4) is 0 Å².